The Morgan fingerprint density at radius 3 is 2.59 bits per heavy atom. The molecule has 4 rings (SSSR count). The molecule has 0 aliphatic rings. The number of aromatic nitrogens is 5. The van der Waals surface area contributed by atoms with Crippen LogP contribution >= 0.6 is 11.3 Å². The minimum Gasteiger partial charge on any atom is -0.360 e. The summed E-state index contributed by atoms with van der Waals surface area (Å²) in [5, 5.41) is 12.0. The van der Waals surface area contributed by atoms with Gasteiger partial charge in [-0.1, -0.05) is 39.0 Å². The number of thiazole rings is 1. The van der Waals surface area contributed by atoms with E-state index >= 15 is 0 Å². The molecule has 1 aromatic carbocycles. The lowest BCUT2D eigenvalue weighted by Crippen LogP contribution is -2.13. The highest BCUT2D eigenvalue weighted by Crippen LogP contribution is 2.29. The Morgan fingerprint density at radius 1 is 1.11 bits per heavy atom. The normalized spacial score (nSPS) is 13.0. The Bertz CT molecular complexity index is 1060. The van der Waals surface area contributed by atoms with Crippen molar-refractivity contribution in [2.24, 2.45) is 0 Å². The Labute approximate surface area is 162 Å². The van der Waals surface area contributed by atoms with Crippen LogP contribution in [-0.4, -0.2) is 24.7 Å². The van der Waals surface area contributed by atoms with Crippen molar-refractivity contribution in [1.82, 2.24) is 24.7 Å². The summed E-state index contributed by atoms with van der Waals surface area (Å²) in [5.41, 5.74) is 2.91. The first-order chi connectivity index (χ1) is 12.9. The minimum atomic E-state index is 0.0456. The van der Waals surface area contributed by atoms with E-state index in [4.69, 9.17) is 4.98 Å². The largest absolute Gasteiger partial charge is 0.360 e. The van der Waals surface area contributed by atoms with Gasteiger partial charge in [-0.05, 0) is 19.1 Å². The SMILES string of the molecule is CC(Nc1ncnc2c1cnn2-c1ccccc1)c1nc(C(C)(C)C)cs1. The van der Waals surface area contributed by atoms with Crippen LogP contribution in [0.4, 0.5) is 5.82 Å². The van der Waals surface area contributed by atoms with Crippen molar-refractivity contribution >= 4 is 28.2 Å². The number of anilines is 1. The second-order valence-electron chi connectivity index (χ2n) is 7.54. The second kappa shape index (κ2) is 6.74. The van der Waals surface area contributed by atoms with Gasteiger partial charge in [0.1, 0.15) is 17.2 Å². The number of rotatable bonds is 4. The van der Waals surface area contributed by atoms with Crippen LogP contribution in [0.25, 0.3) is 16.7 Å². The number of benzene rings is 1. The monoisotopic (exact) mass is 378 g/mol. The third-order valence-electron chi connectivity index (χ3n) is 4.38. The number of hydrogen-bond acceptors (Lipinski definition) is 6. The molecule has 0 radical (unpaired) electrons. The molecule has 27 heavy (non-hydrogen) atoms. The van der Waals surface area contributed by atoms with E-state index in [0.29, 0.717) is 0 Å². The standard InChI is InChI=1S/C20H22N6S/c1-13(19-25-16(11-27-19)20(2,3)4)24-17-15-10-23-26(18(15)22-12-21-17)14-8-6-5-7-9-14/h5-13H,1-4H3,(H,21,22,24). The number of hydrogen-bond donors (Lipinski definition) is 1. The molecule has 4 aromatic rings. The Kier molecular flexibility index (Phi) is 4.39. The van der Waals surface area contributed by atoms with E-state index in [2.05, 4.69) is 53.5 Å². The van der Waals surface area contributed by atoms with Gasteiger partial charge in [0.2, 0.25) is 0 Å². The van der Waals surface area contributed by atoms with Gasteiger partial charge < -0.3 is 5.32 Å². The van der Waals surface area contributed by atoms with E-state index in [9.17, 15) is 0 Å². The van der Waals surface area contributed by atoms with Crippen LogP contribution in [0.2, 0.25) is 0 Å². The predicted octanol–water partition coefficient (Wildman–Crippen LogP) is 4.74. The molecule has 1 unspecified atom stereocenters. The smallest absolute Gasteiger partial charge is 0.168 e. The van der Waals surface area contributed by atoms with E-state index in [1.807, 2.05) is 35.0 Å². The molecule has 0 saturated heterocycles. The predicted molar refractivity (Wildman–Crippen MR) is 110 cm³/mol. The van der Waals surface area contributed by atoms with Crippen LogP contribution in [0, 0.1) is 0 Å². The van der Waals surface area contributed by atoms with Gasteiger partial charge in [-0.15, -0.1) is 11.3 Å². The third-order valence-corrected chi connectivity index (χ3v) is 5.41. The molecule has 1 N–H and O–H groups in total. The molecule has 0 bridgehead atoms. The molecule has 0 spiro atoms. The summed E-state index contributed by atoms with van der Waals surface area (Å²) in [7, 11) is 0. The Hall–Kier alpha value is -2.80. The average Bonchev–Trinajstić information content (AvgIpc) is 3.30. The molecular formula is C20H22N6S. The minimum absolute atomic E-state index is 0.0456. The Balaban J connectivity index is 1.65. The average molecular weight is 379 g/mol. The highest BCUT2D eigenvalue weighted by Gasteiger charge is 2.20. The summed E-state index contributed by atoms with van der Waals surface area (Å²) in [4.78, 5) is 13.7. The van der Waals surface area contributed by atoms with Crippen molar-refractivity contribution < 1.29 is 0 Å². The van der Waals surface area contributed by atoms with Gasteiger partial charge in [-0.2, -0.15) is 5.10 Å². The van der Waals surface area contributed by atoms with Crippen molar-refractivity contribution in [3.63, 3.8) is 0 Å². The first-order valence-corrected chi connectivity index (χ1v) is 9.78. The van der Waals surface area contributed by atoms with Crippen molar-refractivity contribution in [1.29, 1.82) is 0 Å². The molecule has 0 amide bonds. The maximum Gasteiger partial charge on any atom is 0.168 e. The van der Waals surface area contributed by atoms with Crippen molar-refractivity contribution in [3.05, 3.63) is 58.9 Å². The molecule has 6 nitrogen and oxygen atoms in total. The fourth-order valence-corrected chi connectivity index (χ4v) is 3.87. The lowest BCUT2D eigenvalue weighted by Gasteiger charge is -2.15. The quantitative estimate of drug-likeness (QED) is 0.555. The summed E-state index contributed by atoms with van der Waals surface area (Å²) in [6, 6.07) is 10.0. The lowest BCUT2D eigenvalue weighted by molar-refractivity contribution is 0.569. The third kappa shape index (κ3) is 3.42. The van der Waals surface area contributed by atoms with Crippen molar-refractivity contribution in [3.8, 4) is 5.69 Å². The summed E-state index contributed by atoms with van der Waals surface area (Å²) in [6.45, 7) is 8.63. The zero-order chi connectivity index (χ0) is 19.0. The van der Waals surface area contributed by atoms with Crippen LogP contribution in [0.15, 0.2) is 48.2 Å². The molecule has 0 saturated carbocycles. The molecule has 3 heterocycles. The highest BCUT2D eigenvalue weighted by molar-refractivity contribution is 7.09. The molecule has 0 aliphatic carbocycles. The highest BCUT2D eigenvalue weighted by atomic mass is 32.1. The summed E-state index contributed by atoms with van der Waals surface area (Å²) < 4.78 is 1.83. The number of fused-ring (bicyclic) bond motifs is 1. The van der Waals surface area contributed by atoms with E-state index in [1.54, 1.807) is 23.9 Å². The van der Waals surface area contributed by atoms with Crippen LogP contribution in [0.3, 0.4) is 0 Å². The molecule has 0 aliphatic heterocycles. The topological polar surface area (TPSA) is 68.5 Å². The Morgan fingerprint density at radius 2 is 1.89 bits per heavy atom. The van der Waals surface area contributed by atoms with Gasteiger partial charge in [-0.25, -0.2) is 19.6 Å². The summed E-state index contributed by atoms with van der Waals surface area (Å²) in [6.07, 6.45) is 3.38. The molecule has 0 fully saturated rings. The summed E-state index contributed by atoms with van der Waals surface area (Å²) in [5.74, 6) is 0.766. The van der Waals surface area contributed by atoms with Crippen LogP contribution in [0.5, 0.6) is 0 Å². The van der Waals surface area contributed by atoms with E-state index < -0.39 is 0 Å². The fourth-order valence-electron chi connectivity index (χ4n) is 2.82. The maximum absolute atomic E-state index is 4.80. The first kappa shape index (κ1) is 17.6. The molecular weight excluding hydrogens is 356 g/mol. The zero-order valence-corrected chi connectivity index (χ0v) is 16.7. The van der Waals surface area contributed by atoms with Gasteiger partial charge in [0, 0.05) is 10.8 Å². The van der Waals surface area contributed by atoms with E-state index in [0.717, 1.165) is 33.2 Å². The second-order valence-corrected chi connectivity index (χ2v) is 8.43. The van der Waals surface area contributed by atoms with Gasteiger partial charge in [0.15, 0.2) is 5.65 Å². The molecule has 7 heteroatoms. The van der Waals surface area contributed by atoms with E-state index in [-0.39, 0.29) is 11.5 Å². The van der Waals surface area contributed by atoms with Gasteiger partial charge >= 0.3 is 0 Å². The van der Waals surface area contributed by atoms with Crippen molar-refractivity contribution in [2.75, 3.05) is 5.32 Å². The molecule has 3 aromatic heterocycles. The van der Waals surface area contributed by atoms with Crippen LogP contribution in [0.1, 0.15) is 44.4 Å². The lowest BCUT2D eigenvalue weighted by atomic mass is 9.93. The van der Waals surface area contributed by atoms with Crippen molar-refractivity contribution in [2.45, 2.75) is 39.2 Å². The fraction of sp³-hybridized carbons (Fsp3) is 0.300. The van der Waals surface area contributed by atoms with Gasteiger partial charge in [0.25, 0.3) is 0 Å². The number of nitrogens with zero attached hydrogens (tertiary/aromatic N) is 5. The first-order valence-electron chi connectivity index (χ1n) is 8.90. The number of para-hydroxylation sites is 1. The molecule has 138 valence electrons. The number of nitrogens with one attached hydrogen (secondary N) is 1. The summed E-state index contributed by atoms with van der Waals surface area (Å²) >= 11 is 1.67. The van der Waals surface area contributed by atoms with Crippen LogP contribution in [-0.2, 0) is 5.41 Å². The van der Waals surface area contributed by atoms with Gasteiger partial charge in [-0.3, -0.25) is 0 Å². The maximum atomic E-state index is 4.80. The van der Waals surface area contributed by atoms with E-state index in [1.165, 1.54) is 0 Å². The van der Waals surface area contributed by atoms with Crippen LogP contribution < -0.4 is 5.32 Å². The van der Waals surface area contributed by atoms with Gasteiger partial charge in [0.05, 0.1) is 29.0 Å². The molecule has 1 atom stereocenters. The zero-order valence-electron chi connectivity index (χ0n) is 15.8.